The maximum Gasteiger partial charge on any atom is 0.408 e. The van der Waals surface area contributed by atoms with E-state index in [9.17, 15) is 19.5 Å². The molecule has 3 amide bonds. The molecule has 246 valence electrons. The van der Waals surface area contributed by atoms with E-state index < -0.39 is 24.3 Å². The van der Waals surface area contributed by atoms with Crippen molar-refractivity contribution >= 4 is 34.7 Å². The third-order valence-corrected chi connectivity index (χ3v) is 8.73. The van der Waals surface area contributed by atoms with Crippen molar-refractivity contribution in [3.8, 4) is 11.1 Å². The molecule has 0 spiro atoms. The average molecular weight is 647 g/mol. The minimum Gasteiger partial charge on any atom is -0.465 e. The molecule has 10 heteroatoms. The molecule has 1 aliphatic rings. The van der Waals surface area contributed by atoms with Crippen LogP contribution in [0.3, 0.4) is 0 Å². The van der Waals surface area contributed by atoms with Gasteiger partial charge in [-0.3, -0.25) is 9.69 Å². The Kier molecular flexibility index (Phi) is 10.0. The van der Waals surface area contributed by atoms with E-state index in [2.05, 4.69) is 15.6 Å². The molecule has 0 radical (unpaired) electrons. The van der Waals surface area contributed by atoms with Gasteiger partial charge in [0, 0.05) is 23.3 Å². The zero-order valence-electron chi connectivity index (χ0n) is 26.6. The number of methoxy groups -OCH3 is 1. The first kappa shape index (κ1) is 32.3. The number of carboxylic acid groups (broad SMARTS) is 1. The lowest BCUT2D eigenvalue weighted by molar-refractivity contribution is -0.118. The summed E-state index contributed by atoms with van der Waals surface area (Å²) in [5, 5.41) is 16.7. The van der Waals surface area contributed by atoms with Crippen molar-refractivity contribution in [3.63, 3.8) is 0 Å². The van der Waals surface area contributed by atoms with E-state index in [0.717, 1.165) is 38.9 Å². The largest absolute Gasteiger partial charge is 0.465 e. The fourth-order valence-electron chi connectivity index (χ4n) is 6.14. The number of aromatic amines is 1. The second-order valence-corrected chi connectivity index (χ2v) is 11.9. The van der Waals surface area contributed by atoms with Crippen molar-refractivity contribution < 1.29 is 29.0 Å². The van der Waals surface area contributed by atoms with Crippen LogP contribution in [0.25, 0.3) is 22.0 Å². The molecule has 10 nitrogen and oxygen atoms in total. The van der Waals surface area contributed by atoms with Crippen LogP contribution in [0.5, 0.6) is 0 Å². The van der Waals surface area contributed by atoms with Crippen LogP contribution >= 0.6 is 0 Å². The number of para-hydroxylation sites is 2. The van der Waals surface area contributed by atoms with Crippen LogP contribution in [0.2, 0.25) is 0 Å². The zero-order chi connectivity index (χ0) is 33.5. The fraction of sp³-hybridized carbons (Fsp3) is 0.237. The Morgan fingerprint density at radius 3 is 2.40 bits per heavy atom. The van der Waals surface area contributed by atoms with Gasteiger partial charge in [-0.2, -0.15) is 0 Å². The highest BCUT2D eigenvalue weighted by Crippen LogP contribution is 2.30. The molecule has 1 aliphatic heterocycles. The summed E-state index contributed by atoms with van der Waals surface area (Å²) in [7, 11) is 1.26. The summed E-state index contributed by atoms with van der Waals surface area (Å²) in [6, 6.07) is 33.8. The quantitative estimate of drug-likeness (QED) is 0.132. The number of H-pyrrole nitrogens is 1. The van der Waals surface area contributed by atoms with Gasteiger partial charge in [-0.25, -0.2) is 9.59 Å². The van der Waals surface area contributed by atoms with E-state index in [1.54, 1.807) is 0 Å². The molecular weight excluding hydrogens is 608 g/mol. The van der Waals surface area contributed by atoms with Crippen LogP contribution in [0.4, 0.5) is 15.3 Å². The van der Waals surface area contributed by atoms with Crippen LogP contribution < -0.4 is 10.6 Å². The van der Waals surface area contributed by atoms with Gasteiger partial charge in [0.1, 0.15) is 6.04 Å². The molecule has 0 saturated carbocycles. The lowest BCUT2D eigenvalue weighted by Crippen LogP contribution is -2.47. The molecule has 5 aromatic rings. The number of anilines is 1. The Labute approximate surface area is 278 Å². The molecule has 0 unspecified atom stereocenters. The van der Waals surface area contributed by atoms with Crippen LogP contribution in [0, 0.1) is 0 Å². The van der Waals surface area contributed by atoms with E-state index in [1.807, 2.05) is 109 Å². The SMILES string of the molecule is COC(=O)N[C@@H](Cc1ccc(-c2ccccc2)cc1)C(=O)Nc1ccccc1CC[C@@H]1CN(C(=O)O)[C@H](c2cc3ccccc3[nH]2)CO1. The van der Waals surface area contributed by atoms with Crippen molar-refractivity contribution in [1.82, 2.24) is 15.2 Å². The minimum atomic E-state index is -1.00. The Morgan fingerprint density at radius 2 is 1.65 bits per heavy atom. The van der Waals surface area contributed by atoms with Gasteiger partial charge in [0.05, 0.1) is 32.4 Å². The van der Waals surface area contributed by atoms with Crippen molar-refractivity contribution in [2.24, 2.45) is 0 Å². The molecule has 1 fully saturated rings. The van der Waals surface area contributed by atoms with Gasteiger partial charge >= 0.3 is 12.2 Å². The van der Waals surface area contributed by atoms with Crippen LogP contribution in [0.15, 0.2) is 109 Å². The number of aromatic nitrogens is 1. The fourth-order valence-corrected chi connectivity index (χ4v) is 6.14. The number of aryl methyl sites for hydroxylation is 1. The summed E-state index contributed by atoms with van der Waals surface area (Å²) < 4.78 is 11.0. The summed E-state index contributed by atoms with van der Waals surface area (Å²) in [6.45, 7) is 0.452. The van der Waals surface area contributed by atoms with Gasteiger partial charge in [-0.05, 0) is 58.7 Å². The molecule has 4 aromatic carbocycles. The minimum absolute atomic E-state index is 0.220. The van der Waals surface area contributed by atoms with Gasteiger partial charge in [-0.15, -0.1) is 0 Å². The third-order valence-electron chi connectivity index (χ3n) is 8.73. The summed E-state index contributed by atoms with van der Waals surface area (Å²) in [4.78, 5) is 42.9. The van der Waals surface area contributed by atoms with E-state index in [0.29, 0.717) is 18.5 Å². The molecule has 1 aromatic heterocycles. The molecule has 1 saturated heterocycles. The molecule has 4 N–H and O–H groups in total. The number of alkyl carbamates (subject to hydrolysis) is 1. The van der Waals surface area contributed by atoms with Gasteiger partial charge < -0.3 is 30.2 Å². The Bertz CT molecular complexity index is 1840. The highest BCUT2D eigenvalue weighted by molar-refractivity contribution is 5.97. The molecule has 6 rings (SSSR count). The number of hydrogen-bond donors (Lipinski definition) is 4. The summed E-state index contributed by atoms with van der Waals surface area (Å²) in [6.07, 6.45) is -0.671. The molecule has 0 aliphatic carbocycles. The Hall–Kier alpha value is -5.61. The number of ether oxygens (including phenoxy) is 2. The van der Waals surface area contributed by atoms with Gasteiger partial charge in [0.2, 0.25) is 5.91 Å². The normalized spacial score (nSPS) is 16.6. The number of carbonyl (C=O) groups excluding carboxylic acids is 2. The lowest BCUT2D eigenvalue weighted by Gasteiger charge is -2.37. The predicted octanol–water partition coefficient (Wildman–Crippen LogP) is 6.79. The molecule has 48 heavy (non-hydrogen) atoms. The number of fused-ring (bicyclic) bond motifs is 1. The maximum atomic E-state index is 13.6. The first-order chi connectivity index (χ1) is 23.4. The van der Waals surface area contributed by atoms with Gasteiger partial charge in [0.25, 0.3) is 0 Å². The smallest absolute Gasteiger partial charge is 0.408 e. The zero-order valence-corrected chi connectivity index (χ0v) is 26.6. The number of amides is 3. The number of nitrogens with one attached hydrogen (secondary N) is 3. The van der Waals surface area contributed by atoms with E-state index in [1.165, 1.54) is 12.0 Å². The monoisotopic (exact) mass is 646 g/mol. The lowest BCUT2D eigenvalue weighted by atomic mass is 10.00. The van der Waals surface area contributed by atoms with E-state index >= 15 is 0 Å². The van der Waals surface area contributed by atoms with Crippen molar-refractivity contribution in [1.29, 1.82) is 0 Å². The second kappa shape index (κ2) is 14.9. The van der Waals surface area contributed by atoms with Gasteiger partial charge in [-0.1, -0.05) is 91.0 Å². The van der Waals surface area contributed by atoms with Crippen LogP contribution in [-0.2, 0) is 27.1 Å². The summed E-state index contributed by atoms with van der Waals surface area (Å²) in [5.41, 5.74) is 6.25. The first-order valence-electron chi connectivity index (χ1n) is 15.9. The standard InChI is InChI=1S/C38H38N4O6/c1-47-37(44)41-34(21-25-15-17-27(18-16-25)26-9-3-2-4-10-26)36(43)40-31-13-7-5-11-28(31)19-20-30-23-42(38(45)46)35(24-48-30)33-22-29-12-6-8-14-32(29)39-33/h2-18,22,30,34-35,39H,19-21,23-24H2,1H3,(H,40,43)(H,41,44)(H,45,46)/t30-,34+,35+/m1/s1. The Morgan fingerprint density at radius 1 is 0.938 bits per heavy atom. The maximum absolute atomic E-state index is 13.6. The van der Waals surface area contributed by atoms with Crippen molar-refractivity contribution in [3.05, 3.63) is 126 Å². The van der Waals surface area contributed by atoms with E-state index in [-0.39, 0.29) is 31.6 Å². The van der Waals surface area contributed by atoms with Crippen molar-refractivity contribution in [2.45, 2.75) is 37.5 Å². The number of nitrogens with zero attached hydrogens (tertiary/aromatic N) is 1. The van der Waals surface area contributed by atoms with E-state index in [4.69, 9.17) is 9.47 Å². The number of morpholine rings is 1. The van der Waals surface area contributed by atoms with Gasteiger partial charge in [0.15, 0.2) is 0 Å². The average Bonchev–Trinajstić information content (AvgIpc) is 3.56. The molecule has 3 atom stereocenters. The summed E-state index contributed by atoms with van der Waals surface area (Å²) in [5.74, 6) is -0.382. The molecular formula is C38H38N4O6. The highest BCUT2D eigenvalue weighted by Gasteiger charge is 2.34. The number of hydrogen-bond acceptors (Lipinski definition) is 5. The summed E-state index contributed by atoms with van der Waals surface area (Å²) >= 11 is 0. The Balaban J connectivity index is 1.10. The molecule has 0 bridgehead atoms. The third kappa shape index (κ3) is 7.67. The number of carbonyl (C=O) groups is 3. The second-order valence-electron chi connectivity index (χ2n) is 11.9. The number of rotatable bonds is 10. The number of benzene rings is 4. The predicted molar refractivity (Wildman–Crippen MR) is 184 cm³/mol. The highest BCUT2D eigenvalue weighted by atomic mass is 16.5. The van der Waals surface area contributed by atoms with Crippen LogP contribution in [-0.4, -0.2) is 65.5 Å². The van der Waals surface area contributed by atoms with Crippen molar-refractivity contribution in [2.75, 3.05) is 25.6 Å². The topological polar surface area (TPSA) is 133 Å². The molecule has 2 heterocycles. The van der Waals surface area contributed by atoms with Crippen LogP contribution in [0.1, 0.15) is 29.3 Å². The first-order valence-corrected chi connectivity index (χ1v) is 15.9.